The standard InChI is InChI=1S/C25H29F3N6O2/c1-5-30-13-20(16(2)3)23(12-29)32-33-25(31-18-6-8-19(36-4)9-7-18)34(15-35)14-17-10-21(26)24(28)22(27)11-17/h5-10,12-13,17,29,32,35H,1-2,11,14-15H2,3-4H3,(H,31,33)/b23-20+,29-12?,30-13-. The van der Waals surface area contributed by atoms with Crippen molar-refractivity contribution in [2.45, 2.75) is 13.3 Å². The Hall–Kier alpha value is -4.12. The molecule has 1 aromatic carbocycles. The first kappa shape index (κ1) is 28.1. The molecule has 1 aliphatic rings. The second-order valence-corrected chi connectivity index (χ2v) is 7.67. The van der Waals surface area contributed by atoms with Crippen molar-refractivity contribution >= 4 is 24.1 Å². The predicted molar refractivity (Wildman–Crippen MR) is 137 cm³/mol. The molecular formula is C25H29F3N6O2. The van der Waals surface area contributed by atoms with Crippen LogP contribution >= 0.6 is 0 Å². The number of aliphatic imine (C=N–C) groups is 1. The topological polar surface area (TPSA) is 105 Å². The Kier molecular flexibility index (Phi) is 10.7. The monoisotopic (exact) mass is 502 g/mol. The zero-order valence-corrected chi connectivity index (χ0v) is 20.1. The summed E-state index contributed by atoms with van der Waals surface area (Å²) in [6, 6.07) is 6.80. The van der Waals surface area contributed by atoms with Gasteiger partial charge in [-0.25, -0.2) is 13.2 Å². The molecule has 0 amide bonds. The Bertz CT molecular complexity index is 1120. The van der Waals surface area contributed by atoms with Crippen LogP contribution < -0.4 is 15.5 Å². The first-order valence-corrected chi connectivity index (χ1v) is 10.8. The fourth-order valence-electron chi connectivity index (χ4n) is 3.20. The van der Waals surface area contributed by atoms with E-state index in [2.05, 4.69) is 34.0 Å². The van der Waals surface area contributed by atoms with E-state index in [0.717, 1.165) is 12.3 Å². The minimum atomic E-state index is -1.51. The fourth-order valence-corrected chi connectivity index (χ4v) is 3.20. The van der Waals surface area contributed by atoms with Gasteiger partial charge in [0.2, 0.25) is 5.96 Å². The van der Waals surface area contributed by atoms with Crippen LogP contribution in [0.4, 0.5) is 18.9 Å². The molecule has 11 heteroatoms. The van der Waals surface area contributed by atoms with E-state index >= 15 is 0 Å². The molecule has 4 N–H and O–H groups in total. The summed E-state index contributed by atoms with van der Waals surface area (Å²) in [5, 5.41) is 25.2. The second kappa shape index (κ2) is 13.7. The van der Waals surface area contributed by atoms with E-state index in [1.165, 1.54) is 24.4 Å². The van der Waals surface area contributed by atoms with E-state index in [4.69, 9.17) is 10.1 Å². The molecule has 2 rings (SSSR count). The van der Waals surface area contributed by atoms with Gasteiger partial charge in [0.25, 0.3) is 0 Å². The highest BCUT2D eigenvalue weighted by Crippen LogP contribution is 2.32. The van der Waals surface area contributed by atoms with Gasteiger partial charge in [-0.3, -0.25) is 10.4 Å². The number of anilines is 1. The van der Waals surface area contributed by atoms with Crippen LogP contribution in [0.15, 0.2) is 94.1 Å². The Morgan fingerprint density at radius 1 is 1.31 bits per heavy atom. The minimum Gasteiger partial charge on any atom is -0.497 e. The molecule has 0 saturated heterocycles. The van der Waals surface area contributed by atoms with Crippen LogP contribution in [0.1, 0.15) is 13.3 Å². The molecule has 0 fully saturated rings. The number of methoxy groups -OCH3 is 1. The van der Waals surface area contributed by atoms with Gasteiger partial charge in [-0.05, 0) is 42.8 Å². The quantitative estimate of drug-likeness (QED) is 0.113. The average Bonchev–Trinajstić information content (AvgIpc) is 2.87. The number of benzene rings is 1. The summed E-state index contributed by atoms with van der Waals surface area (Å²) in [6.45, 7) is 8.44. The zero-order chi connectivity index (χ0) is 26.7. The van der Waals surface area contributed by atoms with Crippen molar-refractivity contribution in [1.29, 1.82) is 5.41 Å². The van der Waals surface area contributed by atoms with Crippen molar-refractivity contribution in [1.82, 2.24) is 10.3 Å². The molecule has 0 saturated carbocycles. The number of nitrogens with one attached hydrogen (secondary N) is 3. The first-order valence-electron chi connectivity index (χ1n) is 10.8. The van der Waals surface area contributed by atoms with Gasteiger partial charge in [-0.1, -0.05) is 13.2 Å². The average molecular weight is 503 g/mol. The minimum absolute atomic E-state index is 0.0629. The maximum atomic E-state index is 13.8. The van der Waals surface area contributed by atoms with Gasteiger partial charge in [0.1, 0.15) is 18.3 Å². The highest BCUT2D eigenvalue weighted by molar-refractivity contribution is 5.95. The van der Waals surface area contributed by atoms with Crippen LogP contribution in [-0.2, 0) is 0 Å². The van der Waals surface area contributed by atoms with E-state index < -0.39 is 30.1 Å². The number of ether oxygens (including phenoxy) is 1. The van der Waals surface area contributed by atoms with Crippen molar-refractivity contribution in [3.63, 3.8) is 0 Å². The van der Waals surface area contributed by atoms with Crippen molar-refractivity contribution in [2.75, 3.05) is 25.7 Å². The molecule has 0 bridgehead atoms. The van der Waals surface area contributed by atoms with Crippen molar-refractivity contribution in [2.24, 2.45) is 16.0 Å². The largest absolute Gasteiger partial charge is 0.497 e. The molecule has 0 heterocycles. The third kappa shape index (κ3) is 7.70. The smallest absolute Gasteiger partial charge is 0.223 e. The van der Waals surface area contributed by atoms with Crippen LogP contribution in [0, 0.1) is 11.3 Å². The van der Waals surface area contributed by atoms with Crippen LogP contribution in [0.5, 0.6) is 5.75 Å². The molecule has 0 spiro atoms. The normalized spacial score (nSPS) is 16.8. The molecule has 1 unspecified atom stereocenters. The van der Waals surface area contributed by atoms with E-state index in [1.807, 2.05) is 0 Å². The molecule has 0 radical (unpaired) electrons. The maximum absolute atomic E-state index is 13.8. The van der Waals surface area contributed by atoms with Gasteiger partial charge in [0.15, 0.2) is 11.7 Å². The van der Waals surface area contributed by atoms with Crippen molar-refractivity contribution in [3.05, 3.63) is 84.0 Å². The molecule has 8 nitrogen and oxygen atoms in total. The number of allylic oxidation sites excluding steroid dienone is 6. The number of rotatable bonds is 11. The van der Waals surface area contributed by atoms with Crippen molar-refractivity contribution in [3.8, 4) is 5.75 Å². The van der Waals surface area contributed by atoms with Crippen molar-refractivity contribution < 1.29 is 23.0 Å². The lowest BCUT2D eigenvalue weighted by Gasteiger charge is -2.28. The van der Waals surface area contributed by atoms with Gasteiger partial charge in [-0.15, -0.1) is 5.10 Å². The molecule has 1 aromatic rings. The molecule has 0 aromatic heterocycles. The Morgan fingerprint density at radius 3 is 2.53 bits per heavy atom. The van der Waals surface area contributed by atoms with Crippen LogP contribution in [0.25, 0.3) is 0 Å². The van der Waals surface area contributed by atoms with Gasteiger partial charge in [0.05, 0.1) is 12.8 Å². The highest BCUT2D eigenvalue weighted by atomic mass is 19.2. The molecule has 36 heavy (non-hydrogen) atoms. The second-order valence-electron chi connectivity index (χ2n) is 7.67. The molecule has 1 atom stereocenters. The predicted octanol–water partition coefficient (Wildman–Crippen LogP) is 4.94. The van der Waals surface area contributed by atoms with Crippen LogP contribution in [0.2, 0.25) is 0 Å². The fraction of sp³-hybridized carbons (Fsp3) is 0.240. The van der Waals surface area contributed by atoms with Crippen LogP contribution in [0.3, 0.4) is 0 Å². The number of hydrazone groups is 1. The number of halogens is 3. The third-order valence-electron chi connectivity index (χ3n) is 5.03. The van der Waals surface area contributed by atoms with E-state index in [1.54, 1.807) is 31.2 Å². The number of guanidine groups is 1. The molecule has 1 aliphatic carbocycles. The summed E-state index contributed by atoms with van der Waals surface area (Å²) >= 11 is 0. The van der Waals surface area contributed by atoms with E-state index in [-0.39, 0.29) is 24.6 Å². The lowest BCUT2D eigenvalue weighted by molar-refractivity contribution is 0.157. The Labute approximate surface area is 208 Å². The van der Waals surface area contributed by atoms with Gasteiger partial charge in [0, 0.05) is 48.8 Å². The summed E-state index contributed by atoms with van der Waals surface area (Å²) in [7, 11) is 1.53. The maximum Gasteiger partial charge on any atom is 0.223 e. The highest BCUT2D eigenvalue weighted by Gasteiger charge is 2.26. The Balaban J connectivity index is 2.43. The van der Waals surface area contributed by atoms with Gasteiger partial charge < -0.3 is 25.5 Å². The van der Waals surface area contributed by atoms with E-state index in [0.29, 0.717) is 22.6 Å². The van der Waals surface area contributed by atoms with E-state index in [9.17, 15) is 18.3 Å². The summed E-state index contributed by atoms with van der Waals surface area (Å²) in [5.74, 6) is -4.09. The number of nitrogens with zero attached hydrogens (tertiary/aromatic N) is 3. The lowest BCUT2D eigenvalue weighted by atomic mass is 9.98. The number of hydrogen-bond donors (Lipinski definition) is 4. The zero-order valence-electron chi connectivity index (χ0n) is 20.1. The SMILES string of the molecule is C=C/N=C\C(C(=C)C)=C(\C=N)N/N=C(/Nc1ccc(OC)cc1)N(CO)CC1C=C(F)C(F)=C(F)C1. The molecule has 192 valence electrons. The third-order valence-corrected chi connectivity index (χ3v) is 5.03. The first-order chi connectivity index (χ1) is 17.2. The molecular weight excluding hydrogens is 473 g/mol. The number of hydrogen-bond acceptors (Lipinski definition) is 6. The summed E-state index contributed by atoms with van der Waals surface area (Å²) in [6.07, 6.45) is 4.39. The lowest BCUT2D eigenvalue weighted by Crippen LogP contribution is -2.41. The summed E-state index contributed by atoms with van der Waals surface area (Å²) < 4.78 is 46.2. The summed E-state index contributed by atoms with van der Waals surface area (Å²) in [5.41, 5.74) is 4.62. The van der Waals surface area contributed by atoms with Gasteiger partial charge >= 0.3 is 0 Å². The number of aliphatic hydroxyl groups excluding tert-OH is 1. The summed E-state index contributed by atoms with van der Waals surface area (Å²) in [4.78, 5) is 5.27. The molecule has 0 aliphatic heterocycles. The van der Waals surface area contributed by atoms with Crippen LogP contribution in [-0.4, -0.2) is 48.8 Å². The Morgan fingerprint density at radius 2 is 2.00 bits per heavy atom. The van der Waals surface area contributed by atoms with Gasteiger partial charge in [-0.2, -0.15) is 0 Å². The number of aliphatic hydroxyl groups is 1.